The minimum atomic E-state index is -0.213. The molecule has 0 saturated carbocycles. The fourth-order valence-electron chi connectivity index (χ4n) is 2.05. The molecular weight excluding hydrogens is 194 g/mol. The van der Waals surface area contributed by atoms with Gasteiger partial charge in [0.2, 0.25) is 0 Å². The molecule has 3 unspecified atom stereocenters. The number of nitrogens with zero attached hydrogens (tertiary/aromatic N) is 1. The van der Waals surface area contributed by atoms with E-state index in [0.717, 1.165) is 6.42 Å². The molecule has 2 amide bonds. The first-order valence-electron chi connectivity index (χ1n) is 5.27. The topological polar surface area (TPSA) is 49.9 Å². The molecule has 2 aliphatic heterocycles. The first kappa shape index (κ1) is 10.4. The van der Waals surface area contributed by atoms with Crippen LogP contribution in [0.1, 0.15) is 27.2 Å². The standard InChI is InChI=1S/C11H15NO3/c1-4-8-10(15-8)7(3)12-9(13)5-6(2)11(12)14/h5,7-8,10H,4H2,1-3H3. The van der Waals surface area contributed by atoms with E-state index < -0.39 is 0 Å². The molecule has 4 heteroatoms. The molecule has 4 nitrogen and oxygen atoms in total. The molecular formula is C11H15NO3. The van der Waals surface area contributed by atoms with E-state index in [1.165, 1.54) is 11.0 Å². The fourth-order valence-corrected chi connectivity index (χ4v) is 2.05. The van der Waals surface area contributed by atoms with Crippen molar-refractivity contribution in [1.82, 2.24) is 4.90 Å². The number of carbonyl (C=O) groups excluding carboxylic acids is 2. The number of ether oxygens (including phenoxy) is 1. The Balaban J connectivity index is 2.07. The third-order valence-corrected chi connectivity index (χ3v) is 3.04. The largest absolute Gasteiger partial charge is 0.367 e. The highest BCUT2D eigenvalue weighted by molar-refractivity contribution is 6.16. The molecule has 0 aliphatic carbocycles. The molecule has 0 spiro atoms. The smallest absolute Gasteiger partial charge is 0.256 e. The van der Waals surface area contributed by atoms with Crippen LogP contribution >= 0.6 is 0 Å². The molecule has 0 radical (unpaired) electrons. The van der Waals surface area contributed by atoms with Crippen LogP contribution in [0.3, 0.4) is 0 Å². The molecule has 0 N–H and O–H groups in total. The predicted octanol–water partition coefficient (Wildman–Crippen LogP) is 0.867. The zero-order chi connectivity index (χ0) is 11.2. The van der Waals surface area contributed by atoms with E-state index in [1.807, 2.05) is 13.8 Å². The summed E-state index contributed by atoms with van der Waals surface area (Å²) >= 11 is 0. The number of imide groups is 1. The molecule has 2 heterocycles. The average Bonchev–Trinajstić information content (AvgIpc) is 2.91. The lowest BCUT2D eigenvalue weighted by Crippen LogP contribution is -2.42. The van der Waals surface area contributed by atoms with Crippen LogP contribution in [0.5, 0.6) is 0 Å². The molecule has 0 bridgehead atoms. The second-order valence-electron chi connectivity index (χ2n) is 4.13. The van der Waals surface area contributed by atoms with E-state index in [0.29, 0.717) is 5.57 Å². The highest BCUT2D eigenvalue weighted by atomic mass is 16.6. The Bertz CT molecular complexity index is 348. The van der Waals surface area contributed by atoms with Crippen molar-refractivity contribution >= 4 is 11.8 Å². The Morgan fingerprint density at radius 1 is 1.53 bits per heavy atom. The summed E-state index contributed by atoms with van der Waals surface area (Å²) in [7, 11) is 0. The summed E-state index contributed by atoms with van der Waals surface area (Å²) in [6.07, 6.45) is 2.56. The zero-order valence-electron chi connectivity index (χ0n) is 9.19. The van der Waals surface area contributed by atoms with E-state index in [9.17, 15) is 9.59 Å². The number of amides is 2. The first-order chi connectivity index (χ1) is 7.06. The number of hydrogen-bond acceptors (Lipinski definition) is 3. The lowest BCUT2D eigenvalue weighted by molar-refractivity contribution is -0.139. The Hall–Kier alpha value is -1.16. The van der Waals surface area contributed by atoms with E-state index in [2.05, 4.69) is 0 Å². The van der Waals surface area contributed by atoms with Crippen LogP contribution < -0.4 is 0 Å². The van der Waals surface area contributed by atoms with Crippen molar-refractivity contribution in [3.63, 3.8) is 0 Å². The summed E-state index contributed by atoms with van der Waals surface area (Å²) in [5.74, 6) is -0.395. The van der Waals surface area contributed by atoms with Crippen LogP contribution in [0.15, 0.2) is 11.6 Å². The van der Waals surface area contributed by atoms with Gasteiger partial charge < -0.3 is 4.74 Å². The molecule has 2 aliphatic rings. The van der Waals surface area contributed by atoms with E-state index >= 15 is 0 Å². The summed E-state index contributed by atoms with van der Waals surface area (Å²) in [5, 5.41) is 0. The van der Waals surface area contributed by atoms with Gasteiger partial charge in [0.05, 0.1) is 12.1 Å². The van der Waals surface area contributed by atoms with Crippen LogP contribution in [-0.2, 0) is 14.3 Å². The summed E-state index contributed by atoms with van der Waals surface area (Å²) < 4.78 is 5.40. The number of epoxide rings is 1. The highest BCUT2D eigenvalue weighted by Crippen LogP contribution is 2.32. The maximum atomic E-state index is 11.7. The van der Waals surface area contributed by atoms with Gasteiger partial charge in [-0.25, -0.2) is 0 Å². The summed E-state index contributed by atoms with van der Waals surface area (Å²) in [6.45, 7) is 5.56. The van der Waals surface area contributed by atoms with Gasteiger partial charge in [-0.05, 0) is 20.3 Å². The molecule has 82 valence electrons. The zero-order valence-corrected chi connectivity index (χ0v) is 9.19. The third-order valence-electron chi connectivity index (χ3n) is 3.04. The average molecular weight is 209 g/mol. The molecule has 2 rings (SSSR count). The van der Waals surface area contributed by atoms with E-state index in [4.69, 9.17) is 4.74 Å². The molecule has 15 heavy (non-hydrogen) atoms. The summed E-state index contributed by atoms with van der Waals surface area (Å²) in [4.78, 5) is 24.5. The van der Waals surface area contributed by atoms with Gasteiger partial charge in [-0.1, -0.05) is 6.92 Å². The van der Waals surface area contributed by atoms with Gasteiger partial charge in [-0.15, -0.1) is 0 Å². The van der Waals surface area contributed by atoms with Crippen molar-refractivity contribution in [2.75, 3.05) is 0 Å². The van der Waals surface area contributed by atoms with E-state index in [1.54, 1.807) is 6.92 Å². The predicted molar refractivity (Wildman–Crippen MR) is 54.0 cm³/mol. The Kier molecular flexibility index (Phi) is 2.38. The lowest BCUT2D eigenvalue weighted by Gasteiger charge is -2.21. The van der Waals surface area contributed by atoms with Crippen LogP contribution in [0.4, 0.5) is 0 Å². The van der Waals surface area contributed by atoms with Crippen molar-refractivity contribution < 1.29 is 14.3 Å². The Labute approximate surface area is 88.9 Å². The van der Waals surface area contributed by atoms with Gasteiger partial charge >= 0.3 is 0 Å². The minimum Gasteiger partial charge on any atom is -0.367 e. The lowest BCUT2D eigenvalue weighted by atomic mass is 10.1. The van der Waals surface area contributed by atoms with Gasteiger partial charge in [0.1, 0.15) is 6.10 Å². The monoisotopic (exact) mass is 209 g/mol. The highest BCUT2D eigenvalue weighted by Gasteiger charge is 2.47. The van der Waals surface area contributed by atoms with Gasteiger partial charge in [0.15, 0.2) is 0 Å². The minimum absolute atomic E-state index is 0.0298. The normalized spacial score (nSPS) is 31.9. The Morgan fingerprint density at radius 3 is 2.60 bits per heavy atom. The van der Waals surface area contributed by atoms with Crippen molar-refractivity contribution in [2.24, 2.45) is 0 Å². The second kappa shape index (κ2) is 3.45. The molecule has 0 aromatic rings. The third kappa shape index (κ3) is 1.59. The van der Waals surface area contributed by atoms with Crippen LogP contribution in [0.25, 0.3) is 0 Å². The molecule has 0 aromatic heterocycles. The van der Waals surface area contributed by atoms with Crippen LogP contribution in [0.2, 0.25) is 0 Å². The Morgan fingerprint density at radius 2 is 2.20 bits per heavy atom. The number of carbonyl (C=O) groups is 2. The van der Waals surface area contributed by atoms with Gasteiger partial charge in [0.25, 0.3) is 11.8 Å². The number of hydrogen-bond donors (Lipinski definition) is 0. The van der Waals surface area contributed by atoms with Gasteiger partial charge in [-0.3, -0.25) is 14.5 Å². The van der Waals surface area contributed by atoms with Crippen molar-refractivity contribution in [2.45, 2.75) is 45.4 Å². The molecule has 0 aromatic carbocycles. The molecule has 1 fully saturated rings. The van der Waals surface area contributed by atoms with Gasteiger partial charge in [-0.2, -0.15) is 0 Å². The first-order valence-corrected chi connectivity index (χ1v) is 5.27. The summed E-state index contributed by atoms with van der Waals surface area (Å²) in [6, 6.07) is -0.149. The van der Waals surface area contributed by atoms with E-state index in [-0.39, 0.29) is 30.1 Å². The maximum absolute atomic E-state index is 11.7. The maximum Gasteiger partial charge on any atom is 0.256 e. The second-order valence-corrected chi connectivity index (χ2v) is 4.13. The van der Waals surface area contributed by atoms with Crippen molar-refractivity contribution in [3.8, 4) is 0 Å². The molecule has 3 atom stereocenters. The summed E-state index contributed by atoms with van der Waals surface area (Å²) in [5.41, 5.74) is 0.514. The SMILES string of the molecule is CCC1OC1C(C)N1C(=O)C=C(C)C1=O. The number of rotatable bonds is 3. The van der Waals surface area contributed by atoms with Crippen LogP contribution in [0, 0.1) is 0 Å². The molecule has 1 saturated heterocycles. The van der Waals surface area contributed by atoms with Gasteiger partial charge in [0, 0.05) is 11.6 Å². The quantitative estimate of drug-likeness (QED) is 0.512. The van der Waals surface area contributed by atoms with Crippen LogP contribution in [-0.4, -0.2) is 35.0 Å². The van der Waals surface area contributed by atoms with Crippen molar-refractivity contribution in [3.05, 3.63) is 11.6 Å². The van der Waals surface area contributed by atoms with Crippen molar-refractivity contribution in [1.29, 1.82) is 0 Å². The fraction of sp³-hybridized carbons (Fsp3) is 0.636.